The Balaban J connectivity index is 0.000000952. The summed E-state index contributed by atoms with van der Waals surface area (Å²) < 4.78 is 101. The van der Waals surface area contributed by atoms with E-state index in [1.165, 1.54) is 54.6 Å². The van der Waals surface area contributed by atoms with E-state index in [9.17, 15) is 45.9 Å². The molecule has 8 rings (SSSR count). The maximum Gasteiger partial charge on any atom is 0.490 e. The van der Waals surface area contributed by atoms with Crippen LogP contribution in [-0.2, 0) is 35.0 Å². The Kier molecular flexibility index (Phi) is 16.5. The first-order valence-electron chi connectivity index (χ1n) is 20.3. The van der Waals surface area contributed by atoms with Crippen molar-refractivity contribution in [1.82, 2.24) is 4.90 Å². The zero-order chi connectivity index (χ0) is 47.7. The summed E-state index contributed by atoms with van der Waals surface area (Å²) in [5, 5.41) is 22.1. The number of hydrogen-bond donors (Lipinski definition) is 2. The molecule has 3 aromatic carbocycles. The van der Waals surface area contributed by atoms with Gasteiger partial charge in [-0.25, -0.2) is 23.6 Å². The summed E-state index contributed by atoms with van der Waals surface area (Å²) in [6.07, 6.45) is -0.887. The summed E-state index contributed by atoms with van der Waals surface area (Å²) in [6, 6.07) is 14.5. The van der Waals surface area contributed by atoms with Crippen molar-refractivity contribution < 1.29 is 79.0 Å². The van der Waals surface area contributed by atoms with E-state index in [1.807, 2.05) is 0 Å². The van der Waals surface area contributed by atoms with Crippen molar-refractivity contribution in [2.45, 2.75) is 63.1 Å². The molecule has 3 atom stereocenters. The Morgan fingerprint density at radius 2 is 1.59 bits per heavy atom. The summed E-state index contributed by atoms with van der Waals surface area (Å²) in [5.74, 6) is -5.51. The van der Waals surface area contributed by atoms with Gasteiger partial charge in [0, 0.05) is 24.2 Å². The Morgan fingerprint density at radius 3 is 2.20 bits per heavy atom. The van der Waals surface area contributed by atoms with Gasteiger partial charge < -0.3 is 39.3 Å². The number of ether oxygens (including phenoxy) is 5. The number of esters is 3. The van der Waals surface area contributed by atoms with Gasteiger partial charge in [-0.15, -0.1) is 0 Å². The molecular formula is C44H41Cl2F6N3O11. The number of halogens is 8. The van der Waals surface area contributed by atoms with Crippen LogP contribution in [0.1, 0.15) is 64.9 Å². The zero-order valence-electron chi connectivity index (χ0n) is 34.5. The second-order valence-corrected chi connectivity index (χ2v) is 16.3. The molecule has 0 amide bonds. The molecule has 14 nitrogen and oxygen atoms in total. The number of carbonyl (C=O) groups is 4. The number of anilines is 1. The number of pyridine rings is 1. The van der Waals surface area contributed by atoms with E-state index in [2.05, 4.69) is 15.0 Å². The normalized spacial score (nSPS) is 18.5. The van der Waals surface area contributed by atoms with Crippen molar-refractivity contribution in [3.05, 3.63) is 122 Å². The number of piperidine rings is 3. The SMILES string of the molecule is O=C(COC(=O)c1cccc(NC(C(=O)O[C@H]2CN3CCC2CC3)c2cccc(F)c2)c1)O[C@@H](Cc1c(Cl)c[n+]([O-])cc1Cl)c1ccc(OC(F)F)c(OCC2CC2)c1.O=C(O)C(F)(F)F. The molecule has 354 valence electrons. The standard InChI is InChI=1S/C42H40Cl2F3N3O9.C2HF3O2/c43-32-19-50(54)20-33(44)31(32)18-35(26-9-10-34(59-42(46)47)36(17-26)55-22-24-7-8-24)57-38(51)23-56-40(52)28-4-2-6-30(16-28)48-39(27-3-1-5-29(45)15-27)41(53)58-37-21-49-13-11-25(37)12-14-49;3-2(4,5)1(6)7/h1-6,9-10,15-17,19-20,24-25,35,37,39,42,48H,7-8,11-14,18,21-23H2;(H,6,7)/t35-,37-,39?;/m0./s1. The molecule has 4 heterocycles. The molecule has 66 heavy (non-hydrogen) atoms. The highest BCUT2D eigenvalue weighted by Gasteiger charge is 2.39. The maximum absolute atomic E-state index is 14.4. The number of carboxylic acid groups (broad SMARTS) is 1. The number of carbonyl (C=O) groups excluding carboxylic acids is 3. The molecule has 4 aliphatic rings. The molecular weight excluding hydrogens is 931 g/mol. The molecule has 22 heteroatoms. The van der Waals surface area contributed by atoms with E-state index < -0.39 is 61.2 Å². The van der Waals surface area contributed by atoms with Crippen LogP contribution in [0.15, 0.2) is 79.1 Å². The van der Waals surface area contributed by atoms with E-state index in [0.29, 0.717) is 22.5 Å². The molecule has 3 saturated heterocycles. The lowest BCUT2D eigenvalue weighted by molar-refractivity contribution is -0.605. The molecule has 1 saturated carbocycles. The highest BCUT2D eigenvalue weighted by molar-refractivity contribution is 6.35. The number of rotatable bonds is 17. The predicted octanol–water partition coefficient (Wildman–Crippen LogP) is 8.26. The summed E-state index contributed by atoms with van der Waals surface area (Å²) in [6.45, 7) is -1.18. The van der Waals surface area contributed by atoms with E-state index in [4.69, 9.17) is 52.1 Å². The van der Waals surface area contributed by atoms with Crippen LogP contribution in [0.4, 0.5) is 32.0 Å². The lowest BCUT2D eigenvalue weighted by Crippen LogP contribution is -2.52. The number of nitrogens with zero attached hydrogens (tertiary/aromatic N) is 2. The van der Waals surface area contributed by atoms with Gasteiger partial charge in [0.1, 0.15) is 28.1 Å². The van der Waals surface area contributed by atoms with Crippen LogP contribution < -0.4 is 19.5 Å². The molecule has 0 radical (unpaired) electrons. The first-order valence-corrected chi connectivity index (χ1v) is 21.1. The fourth-order valence-electron chi connectivity index (χ4n) is 7.19. The summed E-state index contributed by atoms with van der Waals surface area (Å²) in [4.78, 5) is 51.4. The average molecular weight is 973 g/mol. The number of nitrogens with one attached hydrogen (secondary N) is 1. The molecule has 2 bridgehead atoms. The van der Waals surface area contributed by atoms with Gasteiger partial charge in [0.25, 0.3) is 0 Å². The van der Waals surface area contributed by atoms with Gasteiger partial charge in [-0.05, 0) is 104 Å². The Hall–Kier alpha value is -5.99. The largest absolute Gasteiger partial charge is 0.619 e. The monoisotopic (exact) mass is 971 g/mol. The van der Waals surface area contributed by atoms with Gasteiger partial charge in [0.15, 0.2) is 36.5 Å². The van der Waals surface area contributed by atoms with Gasteiger partial charge in [-0.3, -0.25) is 4.90 Å². The second-order valence-electron chi connectivity index (χ2n) is 15.5. The third-order valence-corrected chi connectivity index (χ3v) is 11.4. The number of aromatic nitrogens is 1. The molecule has 1 unspecified atom stereocenters. The number of aliphatic carboxylic acids is 1. The smallest absolute Gasteiger partial charge is 0.490 e. The molecule has 1 aliphatic carbocycles. The summed E-state index contributed by atoms with van der Waals surface area (Å²) in [5.41, 5.74) is 1.18. The van der Waals surface area contributed by atoms with E-state index in [0.717, 1.165) is 51.2 Å². The number of carboxylic acids is 1. The molecule has 3 aliphatic heterocycles. The van der Waals surface area contributed by atoms with Gasteiger partial charge in [0.05, 0.1) is 12.2 Å². The third kappa shape index (κ3) is 14.0. The van der Waals surface area contributed by atoms with Crippen LogP contribution in [0.25, 0.3) is 0 Å². The minimum atomic E-state index is -5.08. The first kappa shape index (κ1) is 49.4. The molecule has 4 fully saturated rings. The van der Waals surface area contributed by atoms with Crippen molar-refractivity contribution in [3.63, 3.8) is 0 Å². The second kappa shape index (κ2) is 22.0. The van der Waals surface area contributed by atoms with Crippen molar-refractivity contribution in [1.29, 1.82) is 0 Å². The van der Waals surface area contributed by atoms with Crippen LogP contribution >= 0.6 is 23.2 Å². The topological polar surface area (TPSA) is 177 Å². The van der Waals surface area contributed by atoms with Gasteiger partial charge >= 0.3 is 36.7 Å². The van der Waals surface area contributed by atoms with Gasteiger partial charge in [-0.2, -0.15) is 26.7 Å². The fourth-order valence-corrected chi connectivity index (χ4v) is 7.79. The Morgan fingerprint density at radius 1 is 0.909 bits per heavy atom. The highest BCUT2D eigenvalue weighted by atomic mass is 35.5. The van der Waals surface area contributed by atoms with Crippen LogP contribution in [0.3, 0.4) is 0 Å². The van der Waals surface area contributed by atoms with Crippen molar-refractivity contribution in [2.24, 2.45) is 11.8 Å². The average Bonchev–Trinajstić information content (AvgIpc) is 4.10. The highest BCUT2D eigenvalue weighted by Crippen LogP contribution is 2.38. The van der Waals surface area contributed by atoms with Crippen LogP contribution in [0.5, 0.6) is 11.5 Å². The van der Waals surface area contributed by atoms with Gasteiger partial charge in [0.2, 0.25) is 0 Å². The van der Waals surface area contributed by atoms with Crippen molar-refractivity contribution >= 4 is 52.8 Å². The van der Waals surface area contributed by atoms with Crippen molar-refractivity contribution in [2.75, 3.05) is 38.2 Å². The van der Waals surface area contributed by atoms with Crippen LogP contribution in [0, 0.1) is 22.9 Å². The fraction of sp³-hybridized carbons (Fsp3) is 0.386. The molecule has 0 spiro atoms. The predicted molar refractivity (Wildman–Crippen MR) is 221 cm³/mol. The third-order valence-electron chi connectivity index (χ3n) is 10.7. The number of alkyl halides is 5. The molecule has 1 aromatic heterocycles. The summed E-state index contributed by atoms with van der Waals surface area (Å²) >= 11 is 12.7. The zero-order valence-corrected chi connectivity index (χ0v) is 36.0. The number of benzene rings is 3. The van der Waals surface area contributed by atoms with Crippen LogP contribution in [-0.4, -0.2) is 85.6 Å². The van der Waals surface area contributed by atoms with Gasteiger partial charge in [-0.1, -0.05) is 47.5 Å². The number of hydrogen-bond acceptors (Lipinski definition) is 12. The maximum atomic E-state index is 14.4. The number of fused-ring (bicyclic) bond motifs is 3. The Bertz CT molecular complexity index is 2360. The quantitative estimate of drug-likeness (QED) is 0.0340. The minimum Gasteiger partial charge on any atom is -0.619 e. The van der Waals surface area contributed by atoms with E-state index in [-0.39, 0.29) is 69.2 Å². The van der Waals surface area contributed by atoms with Crippen LogP contribution in [0.2, 0.25) is 10.0 Å². The van der Waals surface area contributed by atoms with E-state index >= 15 is 0 Å². The Labute approximate surface area is 382 Å². The minimum absolute atomic E-state index is 0.00906. The first-order chi connectivity index (χ1) is 31.3. The molecule has 2 N–H and O–H groups in total. The molecule has 4 aromatic rings. The van der Waals surface area contributed by atoms with E-state index in [1.54, 1.807) is 12.1 Å². The lowest BCUT2D eigenvalue weighted by atomic mass is 9.86. The lowest BCUT2D eigenvalue weighted by Gasteiger charge is -2.44. The van der Waals surface area contributed by atoms with Crippen molar-refractivity contribution in [3.8, 4) is 11.5 Å². The summed E-state index contributed by atoms with van der Waals surface area (Å²) in [7, 11) is 0.